The van der Waals surface area contributed by atoms with Gasteiger partial charge in [-0.15, -0.1) is 0 Å². The molecule has 3 rings (SSSR count). The third kappa shape index (κ3) is 1.94. The third-order valence-corrected chi connectivity index (χ3v) is 4.53. The first kappa shape index (κ1) is 11.8. The monoisotopic (exact) mass is 248 g/mol. The molecule has 1 aromatic heterocycles. The summed E-state index contributed by atoms with van der Waals surface area (Å²) in [5, 5.41) is 0. The summed E-state index contributed by atoms with van der Waals surface area (Å²) in [6, 6.07) is 2.01. The fourth-order valence-corrected chi connectivity index (χ4v) is 3.24. The van der Waals surface area contributed by atoms with Crippen molar-refractivity contribution in [2.24, 2.45) is 5.41 Å². The van der Waals surface area contributed by atoms with Crippen LogP contribution in [-0.2, 0) is 11.3 Å². The van der Waals surface area contributed by atoms with Gasteiger partial charge in [-0.05, 0) is 38.4 Å². The zero-order valence-electron chi connectivity index (χ0n) is 10.9. The van der Waals surface area contributed by atoms with Gasteiger partial charge in [-0.3, -0.25) is 9.69 Å². The van der Waals surface area contributed by atoms with Crippen LogP contribution in [0.1, 0.15) is 24.8 Å². The fourth-order valence-electron chi connectivity index (χ4n) is 3.24. The summed E-state index contributed by atoms with van der Waals surface area (Å²) < 4.78 is 5.09. The highest BCUT2D eigenvalue weighted by molar-refractivity contribution is 5.84. The lowest BCUT2D eigenvalue weighted by Crippen LogP contribution is -2.43. The van der Waals surface area contributed by atoms with E-state index in [9.17, 15) is 4.79 Å². The first-order chi connectivity index (χ1) is 8.70. The molecule has 2 fully saturated rings. The van der Waals surface area contributed by atoms with Crippen molar-refractivity contribution in [3.8, 4) is 0 Å². The van der Waals surface area contributed by atoms with Crippen LogP contribution in [0.5, 0.6) is 0 Å². The number of nitrogens with zero attached hydrogens (tertiary/aromatic N) is 2. The Morgan fingerprint density at radius 3 is 2.56 bits per heavy atom. The van der Waals surface area contributed by atoms with Crippen molar-refractivity contribution in [3.63, 3.8) is 0 Å². The molecule has 0 aliphatic carbocycles. The minimum absolute atomic E-state index is 0.0400. The van der Waals surface area contributed by atoms with Gasteiger partial charge in [0.25, 0.3) is 0 Å². The smallest absolute Gasteiger partial charge is 0.228 e. The van der Waals surface area contributed by atoms with Crippen LogP contribution in [0, 0.1) is 5.41 Å². The van der Waals surface area contributed by atoms with Crippen molar-refractivity contribution < 1.29 is 9.21 Å². The molecule has 4 heteroatoms. The van der Waals surface area contributed by atoms with Gasteiger partial charge in [0.15, 0.2) is 0 Å². The highest BCUT2D eigenvalue weighted by Gasteiger charge is 2.46. The van der Waals surface area contributed by atoms with Gasteiger partial charge in [0, 0.05) is 25.7 Å². The zero-order chi connectivity index (χ0) is 12.6. The molecule has 0 unspecified atom stereocenters. The van der Waals surface area contributed by atoms with E-state index in [1.807, 2.05) is 18.0 Å². The SMILES string of the molecule is CN1CCC2(CCN(Cc3ccoc3)CC2)C1=O. The molecule has 1 amide bonds. The lowest BCUT2D eigenvalue weighted by molar-refractivity contribution is -0.137. The number of carbonyl (C=O) groups excluding carboxylic acids is 1. The van der Waals surface area contributed by atoms with E-state index in [1.165, 1.54) is 5.56 Å². The number of carbonyl (C=O) groups is 1. The Balaban J connectivity index is 1.60. The largest absolute Gasteiger partial charge is 0.472 e. The number of likely N-dealkylation sites (tertiary alicyclic amines) is 2. The molecule has 1 spiro atoms. The Hall–Kier alpha value is -1.29. The molecule has 0 aromatic carbocycles. The Morgan fingerprint density at radius 2 is 2.00 bits per heavy atom. The third-order valence-electron chi connectivity index (χ3n) is 4.53. The van der Waals surface area contributed by atoms with E-state index in [0.717, 1.165) is 45.4 Å². The molecular weight excluding hydrogens is 228 g/mol. The second-order valence-electron chi connectivity index (χ2n) is 5.66. The Labute approximate surface area is 108 Å². The van der Waals surface area contributed by atoms with Gasteiger partial charge >= 0.3 is 0 Å². The number of rotatable bonds is 2. The molecule has 0 bridgehead atoms. The van der Waals surface area contributed by atoms with Gasteiger partial charge in [-0.25, -0.2) is 0 Å². The normalized spacial score (nSPS) is 24.1. The van der Waals surface area contributed by atoms with Crippen molar-refractivity contribution >= 4 is 5.91 Å². The Kier molecular flexibility index (Phi) is 2.90. The summed E-state index contributed by atoms with van der Waals surface area (Å²) in [6.45, 7) is 3.91. The molecule has 0 radical (unpaired) electrons. The van der Waals surface area contributed by atoms with Crippen molar-refractivity contribution in [2.45, 2.75) is 25.8 Å². The van der Waals surface area contributed by atoms with Crippen molar-refractivity contribution in [1.29, 1.82) is 0 Å². The van der Waals surface area contributed by atoms with E-state index >= 15 is 0 Å². The molecule has 4 nitrogen and oxygen atoms in total. The number of hydrogen-bond donors (Lipinski definition) is 0. The average molecular weight is 248 g/mol. The van der Waals surface area contributed by atoms with E-state index < -0.39 is 0 Å². The maximum absolute atomic E-state index is 12.2. The molecule has 2 saturated heterocycles. The van der Waals surface area contributed by atoms with Gasteiger partial charge in [0.1, 0.15) is 0 Å². The summed E-state index contributed by atoms with van der Waals surface area (Å²) in [7, 11) is 1.93. The Bertz CT molecular complexity index is 419. The summed E-state index contributed by atoms with van der Waals surface area (Å²) in [5.41, 5.74) is 1.18. The van der Waals surface area contributed by atoms with Crippen LogP contribution in [0.4, 0.5) is 0 Å². The molecule has 2 aliphatic heterocycles. The summed E-state index contributed by atoms with van der Waals surface area (Å²) in [4.78, 5) is 16.5. The second kappa shape index (κ2) is 4.43. The van der Waals surface area contributed by atoms with E-state index in [4.69, 9.17) is 4.42 Å². The molecular formula is C14H20N2O2. The summed E-state index contributed by atoms with van der Waals surface area (Å²) in [5.74, 6) is 0.366. The number of hydrogen-bond acceptors (Lipinski definition) is 3. The number of furan rings is 1. The van der Waals surface area contributed by atoms with Crippen LogP contribution in [0.25, 0.3) is 0 Å². The van der Waals surface area contributed by atoms with Crippen LogP contribution in [0.15, 0.2) is 23.0 Å². The van der Waals surface area contributed by atoms with Crippen LogP contribution >= 0.6 is 0 Å². The van der Waals surface area contributed by atoms with E-state index in [1.54, 1.807) is 12.5 Å². The first-order valence-electron chi connectivity index (χ1n) is 6.69. The standard InChI is InChI=1S/C14H20N2O2/c1-15-6-3-14(13(15)17)4-7-16(8-5-14)10-12-2-9-18-11-12/h2,9,11H,3-8,10H2,1H3. The molecule has 0 N–H and O–H groups in total. The predicted molar refractivity (Wildman–Crippen MR) is 67.9 cm³/mol. The lowest BCUT2D eigenvalue weighted by Gasteiger charge is -2.37. The van der Waals surface area contributed by atoms with Crippen LogP contribution in [-0.4, -0.2) is 42.4 Å². The summed E-state index contributed by atoms with van der Waals surface area (Å²) in [6.07, 6.45) is 6.58. The Morgan fingerprint density at radius 1 is 1.28 bits per heavy atom. The van der Waals surface area contributed by atoms with Crippen LogP contribution < -0.4 is 0 Å². The second-order valence-corrected chi connectivity index (χ2v) is 5.66. The molecule has 0 saturated carbocycles. The highest BCUT2D eigenvalue weighted by atomic mass is 16.3. The van der Waals surface area contributed by atoms with E-state index in [2.05, 4.69) is 4.90 Å². The van der Waals surface area contributed by atoms with Gasteiger partial charge in [-0.1, -0.05) is 0 Å². The number of piperidine rings is 1. The van der Waals surface area contributed by atoms with Crippen molar-refractivity contribution in [2.75, 3.05) is 26.7 Å². The molecule has 98 valence electrons. The van der Waals surface area contributed by atoms with Crippen molar-refractivity contribution in [3.05, 3.63) is 24.2 Å². The van der Waals surface area contributed by atoms with Gasteiger partial charge in [0.05, 0.1) is 17.9 Å². The van der Waals surface area contributed by atoms with Crippen molar-refractivity contribution in [1.82, 2.24) is 9.80 Å². The highest BCUT2D eigenvalue weighted by Crippen LogP contribution is 2.41. The minimum atomic E-state index is -0.0400. The first-order valence-corrected chi connectivity index (χ1v) is 6.69. The van der Waals surface area contributed by atoms with Gasteiger partial charge in [0.2, 0.25) is 5.91 Å². The topological polar surface area (TPSA) is 36.7 Å². The minimum Gasteiger partial charge on any atom is -0.472 e. The quantitative estimate of drug-likeness (QED) is 0.799. The maximum atomic E-state index is 12.2. The van der Waals surface area contributed by atoms with Gasteiger partial charge in [-0.2, -0.15) is 0 Å². The van der Waals surface area contributed by atoms with Gasteiger partial charge < -0.3 is 9.32 Å². The lowest BCUT2D eigenvalue weighted by atomic mass is 9.77. The maximum Gasteiger partial charge on any atom is 0.228 e. The molecule has 18 heavy (non-hydrogen) atoms. The van der Waals surface area contributed by atoms with Crippen LogP contribution in [0.3, 0.4) is 0 Å². The molecule has 0 atom stereocenters. The molecule has 3 heterocycles. The average Bonchev–Trinajstić information content (AvgIpc) is 2.98. The van der Waals surface area contributed by atoms with E-state index in [-0.39, 0.29) is 5.41 Å². The van der Waals surface area contributed by atoms with Crippen LogP contribution in [0.2, 0.25) is 0 Å². The number of amides is 1. The predicted octanol–water partition coefficient (Wildman–Crippen LogP) is 1.72. The zero-order valence-corrected chi connectivity index (χ0v) is 10.9. The van der Waals surface area contributed by atoms with E-state index in [0.29, 0.717) is 5.91 Å². The summed E-state index contributed by atoms with van der Waals surface area (Å²) >= 11 is 0. The molecule has 1 aromatic rings. The molecule has 2 aliphatic rings. The fraction of sp³-hybridized carbons (Fsp3) is 0.643.